The van der Waals surface area contributed by atoms with Gasteiger partial charge in [-0.15, -0.1) is 0 Å². The summed E-state index contributed by atoms with van der Waals surface area (Å²) in [5.41, 5.74) is 4.42. The molecule has 3 rings (SSSR count). The quantitative estimate of drug-likeness (QED) is 0.910. The fourth-order valence-electron chi connectivity index (χ4n) is 3.16. The Morgan fingerprint density at radius 3 is 2.86 bits per heavy atom. The summed E-state index contributed by atoms with van der Waals surface area (Å²) in [4.78, 5) is 21.4. The fourth-order valence-corrected chi connectivity index (χ4v) is 3.16. The molecule has 1 aliphatic rings. The van der Waals surface area contributed by atoms with Crippen molar-refractivity contribution in [1.29, 1.82) is 0 Å². The first-order valence-corrected chi connectivity index (χ1v) is 7.43. The zero-order valence-corrected chi connectivity index (χ0v) is 12.7. The molecule has 2 aromatic rings. The summed E-state index contributed by atoms with van der Waals surface area (Å²) in [6, 6.07) is 3.78. The number of aryl methyl sites for hydroxylation is 2. The van der Waals surface area contributed by atoms with E-state index in [1.165, 1.54) is 11.1 Å². The maximum atomic E-state index is 11.3. The highest BCUT2D eigenvalue weighted by Gasteiger charge is 2.35. The van der Waals surface area contributed by atoms with Crippen molar-refractivity contribution in [1.82, 2.24) is 14.9 Å². The summed E-state index contributed by atoms with van der Waals surface area (Å²) in [5, 5.41) is 9.32. The lowest BCUT2D eigenvalue weighted by Crippen LogP contribution is -2.38. The zero-order valence-electron chi connectivity index (χ0n) is 12.7. The number of aromatic amines is 1. The summed E-state index contributed by atoms with van der Waals surface area (Å²) in [6.45, 7) is 7.00. The minimum Gasteiger partial charge on any atom is -0.480 e. The SMILES string of the molecule is Cc1cc2nc(C(C)N3CCCC3C(=O)O)[nH]c2cc1C. The van der Waals surface area contributed by atoms with Gasteiger partial charge in [-0.1, -0.05) is 0 Å². The number of aromatic nitrogens is 2. The van der Waals surface area contributed by atoms with Crippen molar-refractivity contribution >= 4 is 17.0 Å². The largest absolute Gasteiger partial charge is 0.480 e. The third-order valence-electron chi connectivity index (χ3n) is 4.59. The molecule has 2 unspecified atom stereocenters. The van der Waals surface area contributed by atoms with E-state index in [1.807, 2.05) is 11.8 Å². The number of likely N-dealkylation sites (tertiary alicyclic amines) is 1. The van der Waals surface area contributed by atoms with Crippen molar-refractivity contribution in [2.75, 3.05) is 6.54 Å². The Labute approximate surface area is 124 Å². The fraction of sp³-hybridized carbons (Fsp3) is 0.500. The average Bonchev–Trinajstić information content (AvgIpc) is 3.04. The standard InChI is InChI=1S/C16H21N3O2/c1-9-7-12-13(8-10(9)2)18-15(17-12)11(3)19-6-4-5-14(19)16(20)21/h7-8,11,14H,4-6H2,1-3H3,(H,17,18)(H,20,21). The number of hydrogen-bond acceptors (Lipinski definition) is 3. The van der Waals surface area contributed by atoms with Crippen LogP contribution in [-0.2, 0) is 4.79 Å². The molecular weight excluding hydrogens is 266 g/mol. The zero-order chi connectivity index (χ0) is 15.1. The second-order valence-electron chi connectivity index (χ2n) is 5.99. The molecule has 1 saturated heterocycles. The summed E-state index contributed by atoms with van der Waals surface area (Å²) < 4.78 is 0. The van der Waals surface area contributed by atoms with Gasteiger partial charge in [-0.3, -0.25) is 9.69 Å². The van der Waals surface area contributed by atoms with Crippen molar-refractivity contribution in [3.05, 3.63) is 29.1 Å². The molecule has 1 fully saturated rings. The van der Waals surface area contributed by atoms with Crippen molar-refractivity contribution in [3.8, 4) is 0 Å². The van der Waals surface area contributed by atoms with Crippen LogP contribution in [-0.4, -0.2) is 38.5 Å². The van der Waals surface area contributed by atoms with Gasteiger partial charge in [0, 0.05) is 0 Å². The van der Waals surface area contributed by atoms with Crippen molar-refractivity contribution in [2.45, 2.75) is 45.7 Å². The molecule has 1 aliphatic heterocycles. The third-order valence-corrected chi connectivity index (χ3v) is 4.59. The van der Waals surface area contributed by atoms with Gasteiger partial charge in [-0.05, 0) is 63.4 Å². The van der Waals surface area contributed by atoms with Crippen molar-refractivity contribution < 1.29 is 9.90 Å². The van der Waals surface area contributed by atoms with Gasteiger partial charge in [-0.2, -0.15) is 0 Å². The van der Waals surface area contributed by atoms with Gasteiger partial charge in [0.2, 0.25) is 0 Å². The smallest absolute Gasteiger partial charge is 0.320 e. The molecule has 5 nitrogen and oxygen atoms in total. The molecule has 5 heteroatoms. The van der Waals surface area contributed by atoms with E-state index in [0.29, 0.717) is 0 Å². The molecule has 2 heterocycles. The first-order chi connectivity index (χ1) is 9.97. The van der Waals surface area contributed by atoms with Crippen LogP contribution in [0.5, 0.6) is 0 Å². The van der Waals surface area contributed by atoms with Gasteiger partial charge in [0.25, 0.3) is 0 Å². The number of rotatable bonds is 3. The number of carboxylic acids is 1. The van der Waals surface area contributed by atoms with Gasteiger partial charge in [0.05, 0.1) is 17.1 Å². The Balaban J connectivity index is 1.94. The first kappa shape index (κ1) is 14.1. The number of hydrogen-bond donors (Lipinski definition) is 2. The lowest BCUT2D eigenvalue weighted by molar-refractivity contribution is -0.142. The van der Waals surface area contributed by atoms with Gasteiger partial charge in [0.1, 0.15) is 11.9 Å². The Hall–Kier alpha value is -1.88. The molecule has 2 atom stereocenters. The number of fused-ring (bicyclic) bond motifs is 1. The molecule has 0 aliphatic carbocycles. The third kappa shape index (κ3) is 2.42. The van der Waals surface area contributed by atoms with Gasteiger partial charge in [-0.25, -0.2) is 4.98 Å². The number of carbonyl (C=O) groups is 1. The summed E-state index contributed by atoms with van der Waals surface area (Å²) in [5.74, 6) is 0.116. The van der Waals surface area contributed by atoms with Crippen molar-refractivity contribution in [3.63, 3.8) is 0 Å². The highest BCUT2D eigenvalue weighted by Crippen LogP contribution is 2.29. The van der Waals surface area contributed by atoms with Crippen molar-refractivity contribution in [2.24, 2.45) is 0 Å². The molecule has 1 aromatic heterocycles. The predicted molar refractivity (Wildman–Crippen MR) is 81.3 cm³/mol. The molecule has 1 aromatic carbocycles. The topological polar surface area (TPSA) is 69.2 Å². The van der Waals surface area contributed by atoms with E-state index in [0.717, 1.165) is 36.2 Å². The minimum atomic E-state index is -0.734. The Morgan fingerprint density at radius 1 is 1.43 bits per heavy atom. The number of carboxylic acid groups (broad SMARTS) is 1. The van der Waals surface area contributed by atoms with Crippen LogP contribution in [0.4, 0.5) is 0 Å². The number of benzene rings is 1. The van der Waals surface area contributed by atoms with Crippen LogP contribution >= 0.6 is 0 Å². The van der Waals surface area contributed by atoms with E-state index in [-0.39, 0.29) is 6.04 Å². The second kappa shape index (κ2) is 5.15. The summed E-state index contributed by atoms with van der Waals surface area (Å²) in [7, 11) is 0. The Bertz CT molecular complexity index is 653. The van der Waals surface area contributed by atoms with Gasteiger partial charge in [0.15, 0.2) is 0 Å². The molecule has 0 amide bonds. The molecule has 21 heavy (non-hydrogen) atoms. The van der Waals surface area contributed by atoms with Gasteiger partial charge >= 0.3 is 5.97 Å². The second-order valence-corrected chi connectivity index (χ2v) is 5.99. The monoisotopic (exact) mass is 287 g/mol. The average molecular weight is 287 g/mol. The van der Waals surface area contributed by atoms with E-state index in [4.69, 9.17) is 0 Å². The van der Waals surface area contributed by atoms with Gasteiger partial charge < -0.3 is 10.1 Å². The summed E-state index contributed by atoms with van der Waals surface area (Å²) in [6.07, 6.45) is 1.65. The number of aliphatic carboxylic acids is 1. The van der Waals surface area contributed by atoms with Crippen LogP contribution < -0.4 is 0 Å². The Morgan fingerprint density at radius 2 is 2.14 bits per heavy atom. The minimum absolute atomic E-state index is 0.0124. The highest BCUT2D eigenvalue weighted by atomic mass is 16.4. The molecule has 0 radical (unpaired) electrons. The molecule has 0 saturated carbocycles. The maximum Gasteiger partial charge on any atom is 0.320 e. The number of H-pyrrole nitrogens is 1. The van der Waals surface area contributed by atoms with E-state index in [9.17, 15) is 9.90 Å². The maximum absolute atomic E-state index is 11.3. The van der Waals surface area contributed by atoms with E-state index in [2.05, 4.69) is 35.9 Å². The first-order valence-electron chi connectivity index (χ1n) is 7.43. The molecule has 0 bridgehead atoms. The van der Waals surface area contributed by atoms with Crippen LogP contribution in [0, 0.1) is 13.8 Å². The lowest BCUT2D eigenvalue weighted by atomic mass is 10.1. The molecule has 112 valence electrons. The van der Waals surface area contributed by atoms with E-state index < -0.39 is 12.0 Å². The summed E-state index contributed by atoms with van der Waals surface area (Å²) >= 11 is 0. The molecular formula is C16H21N3O2. The van der Waals surface area contributed by atoms with Crippen LogP contribution in [0.1, 0.15) is 42.8 Å². The highest BCUT2D eigenvalue weighted by molar-refractivity contribution is 5.77. The number of nitrogens with one attached hydrogen (secondary N) is 1. The van der Waals surface area contributed by atoms with Crippen LogP contribution in [0.15, 0.2) is 12.1 Å². The Kier molecular flexibility index (Phi) is 3.45. The number of nitrogens with zero attached hydrogens (tertiary/aromatic N) is 2. The number of imidazole rings is 1. The van der Waals surface area contributed by atoms with E-state index >= 15 is 0 Å². The normalized spacial score (nSPS) is 21.0. The van der Waals surface area contributed by atoms with E-state index in [1.54, 1.807) is 0 Å². The molecule has 0 spiro atoms. The van der Waals surface area contributed by atoms with Crippen LogP contribution in [0.2, 0.25) is 0 Å². The van der Waals surface area contributed by atoms with Crippen LogP contribution in [0.25, 0.3) is 11.0 Å². The lowest BCUT2D eigenvalue weighted by Gasteiger charge is -2.26. The van der Waals surface area contributed by atoms with Crippen LogP contribution in [0.3, 0.4) is 0 Å². The molecule has 2 N–H and O–H groups in total. The predicted octanol–water partition coefficient (Wildman–Crippen LogP) is 2.79.